The minimum absolute atomic E-state index is 0.458. The van der Waals surface area contributed by atoms with Crippen LogP contribution in [0.4, 0.5) is 26.3 Å². The van der Waals surface area contributed by atoms with Crippen molar-refractivity contribution in [1.29, 1.82) is 0 Å². The van der Waals surface area contributed by atoms with E-state index in [1.807, 2.05) is 0 Å². The average Bonchev–Trinajstić information content (AvgIpc) is 2.24. The molecule has 11 heteroatoms. The van der Waals surface area contributed by atoms with Crippen LogP contribution < -0.4 is 4.74 Å². The molecule has 0 N–H and O–H groups in total. The number of carbonyl (C=O) groups is 1. The second-order valence-corrected chi connectivity index (χ2v) is 3.91. The van der Waals surface area contributed by atoms with E-state index in [-0.39, 0.29) is 0 Å². The Balaban J connectivity index is 3.50. The summed E-state index contributed by atoms with van der Waals surface area (Å²) >= 11 is 10.2. The number of halogens is 8. The lowest BCUT2D eigenvalue weighted by Crippen LogP contribution is -2.22. The van der Waals surface area contributed by atoms with E-state index < -0.39 is 46.4 Å². The lowest BCUT2D eigenvalue weighted by atomic mass is 10.1. The van der Waals surface area contributed by atoms with Gasteiger partial charge >= 0.3 is 12.5 Å². The Labute approximate surface area is 117 Å². The molecule has 0 unspecified atom stereocenters. The molecule has 0 fully saturated rings. The minimum Gasteiger partial charge on any atom is -0.388 e. The van der Waals surface area contributed by atoms with Crippen LogP contribution in [0.25, 0.3) is 0 Å². The third-order valence-corrected chi connectivity index (χ3v) is 2.39. The summed E-state index contributed by atoms with van der Waals surface area (Å²) < 4.78 is 77.4. The summed E-state index contributed by atoms with van der Waals surface area (Å²) in [6, 6.07) is 0.458. The van der Waals surface area contributed by atoms with Crippen molar-refractivity contribution in [3.05, 3.63) is 22.9 Å². The molecule has 0 aliphatic carbocycles. The maximum atomic E-state index is 12.6. The molecule has 1 aromatic heterocycles. The van der Waals surface area contributed by atoms with Gasteiger partial charge in [0.2, 0.25) is 5.88 Å². The number of hydrogen-bond acceptors (Lipinski definition) is 3. The van der Waals surface area contributed by atoms with Crippen LogP contribution in [-0.2, 0) is 12.1 Å². The summed E-state index contributed by atoms with van der Waals surface area (Å²) in [7, 11) is 0. The molecule has 0 atom stereocenters. The second kappa shape index (κ2) is 5.65. The highest BCUT2D eigenvalue weighted by Gasteiger charge is 2.40. The van der Waals surface area contributed by atoms with Gasteiger partial charge in [0.05, 0.1) is 11.4 Å². The first-order chi connectivity index (χ1) is 8.95. The van der Waals surface area contributed by atoms with Crippen LogP contribution in [0.15, 0.2) is 6.07 Å². The number of rotatable bonds is 3. The summed E-state index contributed by atoms with van der Waals surface area (Å²) in [5.41, 5.74) is -3.55. The minimum atomic E-state index is -5.26. The Hall–Kier alpha value is -1.22. The number of hydrogen-bond donors (Lipinski definition) is 0. The predicted octanol–water partition coefficient (Wildman–Crippen LogP) is 4.12. The molecule has 112 valence electrons. The fraction of sp³-hybridized carbons (Fsp3) is 0.333. The van der Waals surface area contributed by atoms with Gasteiger partial charge in [0.25, 0.3) is 5.24 Å². The first-order valence-corrected chi connectivity index (χ1v) is 5.49. The molecule has 0 aliphatic rings. The van der Waals surface area contributed by atoms with Crippen molar-refractivity contribution in [2.45, 2.75) is 18.4 Å². The van der Waals surface area contributed by atoms with Crippen molar-refractivity contribution in [2.24, 2.45) is 0 Å². The smallest absolute Gasteiger partial charge is 0.388 e. The van der Waals surface area contributed by atoms with E-state index in [4.69, 9.17) is 23.2 Å². The van der Waals surface area contributed by atoms with Gasteiger partial charge in [0, 0.05) is 5.56 Å². The van der Waals surface area contributed by atoms with Gasteiger partial charge in [0.15, 0.2) is 5.69 Å². The zero-order valence-corrected chi connectivity index (χ0v) is 10.6. The van der Waals surface area contributed by atoms with Gasteiger partial charge in [-0.1, -0.05) is 0 Å². The van der Waals surface area contributed by atoms with E-state index in [0.29, 0.717) is 6.07 Å². The van der Waals surface area contributed by atoms with Crippen LogP contribution in [0, 0.1) is 0 Å². The largest absolute Gasteiger partial charge is 0.574 e. The van der Waals surface area contributed by atoms with E-state index in [2.05, 4.69) is 9.72 Å². The Kier molecular flexibility index (Phi) is 4.75. The van der Waals surface area contributed by atoms with Gasteiger partial charge in [-0.05, 0) is 17.7 Å². The van der Waals surface area contributed by atoms with E-state index in [1.54, 1.807) is 0 Å². The molecular weight excluding hydrogens is 339 g/mol. The summed E-state index contributed by atoms with van der Waals surface area (Å²) in [5.74, 6) is -2.05. The van der Waals surface area contributed by atoms with Crippen molar-refractivity contribution < 1.29 is 35.9 Å². The Morgan fingerprint density at radius 1 is 1.25 bits per heavy atom. The van der Waals surface area contributed by atoms with Crippen LogP contribution in [-0.4, -0.2) is 16.6 Å². The second-order valence-electron chi connectivity index (χ2n) is 3.30. The molecule has 20 heavy (non-hydrogen) atoms. The first-order valence-electron chi connectivity index (χ1n) is 4.58. The molecule has 0 bridgehead atoms. The maximum Gasteiger partial charge on any atom is 0.574 e. The number of carbonyl (C=O) groups excluding carboxylic acids is 1. The van der Waals surface area contributed by atoms with Gasteiger partial charge in [-0.25, -0.2) is 4.98 Å². The summed E-state index contributed by atoms with van der Waals surface area (Å²) in [5, 5.41) is -1.53. The molecule has 0 amide bonds. The topological polar surface area (TPSA) is 39.2 Å². The molecular formula is C9H3Cl2F6NO2. The Bertz CT molecular complexity index is 528. The average molecular weight is 342 g/mol. The van der Waals surface area contributed by atoms with Crippen LogP contribution in [0.3, 0.4) is 0 Å². The number of ether oxygens (including phenoxy) is 1. The third-order valence-electron chi connectivity index (χ3n) is 1.90. The van der Waals surface area contributed by atoms with Crippen LogP contribution >= 0.6 is 23.2 Å². The molecule has 0 saturated carbocycles. The van der Waals surface area contributed by atoms with Gasteiger partial charge in [-0.3, -0.25) is 4.79 Å². The number of pyridine rings is 1. The molecule has 3 nitrogen and oxygen atoms in total. The van der Waals surface area contributed by atoms with Crippen molar-refractivity contribution in [3.63, 3.8) is 0 Å². The highest BCUT2D eigenvalue weighted by Crippen LogP contribution is 2.36. The van der Waals surface area contributed by atoms with Gasteiger partial charge in [-0.15, -0.1) is 24.8 Å². The number of alkyl halides is 7. The van der Waals surface area contributed by atoms with Crippen LogP contribution in [0.5, 0.6) is 5.88 Å². The Morgan fingerprint density at radius 3 is 2.15 bits per heavy atom. The van der Waals surface area contributed by atoms with Crippen LogP contribution in [0.1, 0.15) is 21.6 Å². The maximum absolute atomic E-state index is 12.6. The zero-order valence-electron chi connectivity index (χ0n) is 9.07. The summed E-state index contributed by atoms with van der Waals surface area (Å²) in [6.45, 7) is 0. The zero-order chi connectivity index (χ0) is 15.7. The van der Waals surface area contributed by atoms with E-state index >= 15 is 0 Å². The molecule has 0 aromatic carbocycles. The van der Waals surface area contributed by atoms with Crippen molar-refractivity contribution in [3.8, 4) is 5.88 Å². The fourth-order valence-electron chi connectivity index (χ4n) is 1.20. The standard InChI is InChI=1S/C9H3Cl2F6NO2/c10-2-3-1-4(6(11)19)5(8(12,13)14)18-7(3)20-9(15,16)17/h1H,2H2. The van der Waals surface area contributed by atoms with E-state index in [0.717, 1.165) is 0 Å². The molecule has 0 radical (unpaired) electrons. The monoisotopic (exact) mass is 341 g/mol. The van der Waals surface area contributed by atoms with Crippen molar-refractivity contribution >= 4 is 28.4 Å². The van der Waals surface area contributed by atoms with E-state index in [1.165, 1.54) is 0 Å². The quantitative estimate of drug-likeness (QED) is 0.471. The number of aromatic nitrogens is 1. The third kappa shape index (κ3) is 4.14. The van der Waals surface area contributed by atoms with Crippen molar-refractivity contribution in [2.75, 3.05) is 0 Å². The van der Waals surface area contributed by atoms with E-state index in [9.17, 15) is 31.1 Å². The summed E-state index contributed by atoms with van der Waals surface area (Å²) in [6.07, 6.45) is -10.4. The lowest BCUT2D eigenvalue weighted by molar-refractivity contribution is -0.276. The first kappa shape index (κ1) is 16.8. The lowest BCUT2D eigenvalue weighted by Gasteiger charge is -2.15. The fourth-order valence-corrected chi connectivity index (χ4v) is 1.53. The van der Waals surface area contributed by atoms with Gasteiger partial charge in [0.1, 0.15) is 0 Å². The number of nitrogens with zero attached hydrogens (tertiary/aromatic N) is 1. The SMILES string of the molecule is O=C(Cl)c1cc(CCl)c(OC(F)(F)F)nc1C(F)(F)F. The highest BCUT2D eigenvalue weighted by atomic mass is 35.5. The molecule has 0 aliphatic heterocycles. The molecule has 0 saturated heterocycles. The van der Waals surface area contributed by atoms with Gasteiger partial charge < -0.3 is 4.74 Å². The molecule has 1 heterocycles. The van der Waals surface area contributed by atoms with Crippen LogP contribution in [0.2, 0.25) is 0 Å². The highest BCUT2D eigenvalue weighted by molar-refractivity contribution is 6.67. The predicted molar refractivity (Wildman–Crippen MR) is 55.7 cm³/mol. The molecule has 1 aromatic rings. The normalized spacial score (nSPS) is 12.4. The summed E-state index contributed by atoms with van der Waals surface area (Å²) in [4.78, 5) is 13.6. The Morgan fingerprint density at radius 2 is 1.80 bits per heavy atom. The van der Waals surface area contributed by atoms with Gasteiger partial charge in [-0.2, -0.15) is 13.2 Å². The van der Waals surface area contributed by atoms with Crippen molar-refractivity contribution in [1.82, 2.24) is 4.98 Å². The molecule has 0 spiro atoms. The molecule has 1 rings (SSSR count).